The second-order valence-corrected chi connectivity index (χ2v) is 9.88. The Hall–Kier alpha value is -2.88. The van der Waals surface area contributed by atoms with E-state index in [0.29, 0.717) is 37.1 Å². The van der Waals surface area contributed by atoms with Crippen molar-refractivity contribution in [2.75, 3.05) is 13.4 Å². The lowest BCUT2D eigenvalue weighted by Gasteiger charge is -2.24. The number of esters is 1. The molecule has 3 heterocycles. The summed E-state index contributed by atoms with van der Waals surface area (Å²) in [6, 6.07) is 10.0. The molecule has 5 rings (SSSR count). The number of ether oxygens (including phenoxy) is 3. The van der Waals surface area contributed by atoms with Gasteiger partial charge in [0.25, 0.3) is 5.56 Å². The number of carbonyl (C=O) groups is 1. The first-order valence-corrected chi connectivity index (χ1v) is 12.4. The van der Waals surface area contributed by atoms with Gasteiger partial charge in [-0.25, -0.2) is 9.79 Å². The topological polar surface area (TPSA) is 79.1 Å². The molecule has 10 heteroatoms. The molecular weight excluding hydrogens is 544 g/mol. The van der Waals surface area contributed by atoms with Gasteiger partial charge in [-0.3, -0.25) is 9.36 Å². The van der Waals surface area contributed by atoms with Crippen LogP contribution in [0.5, 0.6) is 11.5 Å². The lowest BCUT2D eigenvalue weighted by atomic mass is 9.96. The summed E-state index contributed by atoms with van der Waals surface area (Å²) in [5, 5.41) is 0.558. The van der Waals surface area contributed by atoms with E-state index in [0.717, 1.165) is 15.6 Å². The zero-order valence-electron chi connectivity index (χ0n) is 18.1. The quantitative estimate of drug-likeness (QED) is 0.451. The SMILES string of the molecule is CCOC(=O)C1=C(C)N=c2sc(=Cc3cc4c(cc3Br)OCO4)c(=O)n2[C@H]1c1ccc(Cl)cc1. The molecule has 0 radical (unpaired) electrons. The fourth-order valence-electron chi connectivity index (χ4n) is 3.94. The van der Waals surface area contributed by atoms with Crippen molar-refractivity contribution in [1.82, 2.24) is 4.57 Å². The van der Waals surface area contributed by atoms with Crippen LogP contribution in [0.4, 0.5) is 0 Å². The number of carbonyl (C=O) groups excluding carboxylic acids is 1. The van der Waals surface area contributed by atoms with Crippen molar-refractivity contribution in [3.05, 3.63) is 88.0 Å². The predicted molar refractivity (Wildman–Crippen MR) is 132 cm³/mol. The summed E-state index contributed by atoms with van der Waals surface area (Å²) in [6.07, 6.45) is 1.78. The maximum Gasteiger partial charge on any atom is 0.338 e. The molecule has 1 atom stereocenters. The lowest BCUT2D eigenvalue weighted by Crippen LogP contribution is -2.39. The molecule has 2 aliphatic heterocycles. The highest BCUT2D eigenvalue weighted by Gasteiger charge is 2.33. The molecule has 3 aromatic rings. The van der Waals surface area contributed by atoms with Crippen molar-refractivity contribution in [2.45, 2.75) is 19.9 Å². The van der Waals surface area contributed by atoms with Crippen LogP contribution < -0.4 is 24.4 Å². The molecule has 0 saturated carbocycles. The number of nitrogens with zero attached hydrogens (tertiary/aromatic N) is 2. The third-order valence-corrected chi connectivity index (χ3v) is 7.40. The van der Waals surface area contributed by atoms with Gasteiger partial charge in [0.05, 0.1) is 28.5 Å². The van der Waals surface area contributed by atoms with Crippen LogP contribution in [0, 0.1) is 0 Å². The van der Waals surface area contributed by atoms with Crippen LogP contribution >= 0.6 is 38.9 Å². The first-order valence-electron chi connectivity index (χ1n) is 10.4. The van der Waals surface area contributed by atoms with E-state index in [4.69, 9.17) is 25.8 Å². The summed E-state index contributed by atoms with van der Waals surface area (Å²) in [6.45, 7) is 3.86. The highest BCUT2D eigenvalue weighted by molar-refractivity contribution is 9.10. The smallest absolute Gasteiger partial charge is 0.338 e. The van der Waals surface area contributed by atoms with E-state index in [1.165, 1.54) is 11.3 Å². The van der Waals surface area contributed by atoms with Crippen LogP contribution in [0.15, 0.2) is 61.9 Å². The minimum absolute atomic E-state index is 0.157. The Morgan fingerprint density at radius 3 is 2.71 bits per heavy atom. The summed E-state index contributed by atoms with van der Waals surface area (Å²) in [4.78, 5) is 31.7. The normalized spacial score (nSPS) is 16.9. The fourth-order valence-corrected chi connectivity index (χ4v) is 5.54. The first-order chi connectivity index (χ1) is 16.4. The number of halogens is 2. The van der Waals surface area contributed by atoms with Gasteiger partial charge < -0.3 is 14.2 Å². The van der Waals surface area contributed by atoms with E-state index in [2.05, 4.69) is 20.9 Å². The minimum Gasteiger partial charge on any atom is -0.463 e. The average molecular weight is 562 g/mol. The maximum atomic E-state index is 13.7. The Morgan fingerprint density at radius 1 is 1.29 bits per heavy atom. The monoisotopic (exact) mass is 560 g/mol. The lowest BCUT2D eigenvalue weighted by molar-refractivity contribution is -0.139. The second-order valence-electron chi connectivity index (χ2n) is 7.58. The molecule has 0 fully saturated rings. The third-order valence-electron chi connectivity index (χ3n) is 5.48. The van der Waals surface area contributed by atoms with E-state index >= 15 is 0 Å². The van der Waals surface area contributed by atoms with Gasteiger partial charge in [0.1, 0.15) is 0 Å². The summed E-state index contributed by atoms with van der Waals surface area (Å²) in [7, 11) is 0. The van der Waals surface area contributed by atoms with E-state index < -0.39 is 12.0 Å². The summed E-state index contributed by atoms with van der Waals surface area (Å²) >= 11 is 10.9. The number of benzene rings is 2. The number of fused-ring (bicyclic) bond motifs is 2. The maximum absolute atomic E-state index is 13.7. The molecule has 0 aliphatic carbocycles. The van der Waals surface area contributed by atoms with Gasteiger partial charge in [0.15, 0.2) is 16.3 Å². The summed E-state index contributed by atoms with van der Waals surface area (Å²) in [5.74, 6) is 0.751. The van der Waals surface area contributed by atoms with Crippen LogP contribution in [0.2, 0.25) is 5.02 Å². The van der Waals surface area contributed by atoms with E-state index in [1.54, 1.807) is 48.8 Å². The molecule has 0 bridgehead atoms. The molecule has 0 unspecified atom stereocenters. The van der Waals surface area contributed by atoms with E-state index in [9.17, 15) is 9.59 Å². The molecule has 2 aromatic carbocycles. The molecule has 0 amide bonds. The minimum atomic E-state index is -0.685. The molecule has 0 saturated heterocycles. The Labute approximate surface area is 211 Å². The van der Waals surface area contributed by atoms with E-state index in [1.807, 2.05) is 12.1 Å². The first kappa shape index (κ1) is 22.9. The molecule has 0 spiro atoms. The number of rotatable bonds is 4. The van der Waals surface area contributed by atoms with Gasteiger partial charge in [-0.15, -0.1) is 0 Å². The molecule has 0 N–H and O–H groups in total. The number of thiazole rings is 1. The summed E-state index contributed by atoms with van der Waals surface area (Å²) in [5.41, 5.74) is 2.07. The van der Waals surface area contributed by atoms with Crippen molar-refractivity contribution in [3.8, 4) is 11.5 Å². The Bertz CT molecular complexity index is 1520. The van der Waals surface area contributed by atoms with Crippen molar-refractivity contribution >= 4 is 50.9 Å². The molecule has 7 nitrogen and oxygen atoms in total. The van der Waals surface area contributed by atoms with Crippen LogP contribution in [0.3, 0.4) is 0 Å². The highest BCUT2D eigenvalue weighted by Crippen LogP contribution is 2.37. The van der Waals surface area contributed by atoms with Gasteiger partial charge in [-0.05, 0) is 55.3 Å². The van der Waals surface area contributed by atoms with Gasteiger partial charge in [-0.2, -0.15) is 0 Å². The van der Waals surface area contributed by atoms with Crippen LogP contribution in [0.1, 0.15) is 31.0 Å². The highest BCUT2D eigenvalue weighted by atomic mass is 79.9. The number of aromatic nitrogens is 1. The third kappa shape index (κ3) is 3.97. The zero-order valence-corrected chi connectivity index (χ0v) is 21.3. The van der Waals surface area contributed by atoms with Crippen molar-refractivity contribution in [3.63, 3.8) is 0 Å². The Kier molecular flexibility index (Phi) is 6.09. The van der Waals surface area contributed by atoms with E-state index in [-0.39, 0.29) is 19.0 Å². The average Bonchev–Trinajstić information content (AvgIpc) is 3.37. The second kappa shape index (κ2) is 9.05. The number of hydrogen-bond acceptors (Lipinski definition) is 7. The van der Waals surface area contributed by atoms with Crippen molar-refractivity contribution in [2.24, 2.45) is 4.99 Å². The van der Waals surface area contributed by atoms with Crippen LogP contribution in [-0.2, 0) is 9.53 Å². The van der Waals surface area contributed by atoms with Crippen molar-refractivity contribution in [1.29, 1.82) is 0 Å². The predicted octanol–water partition coefficient (Wildman–Crippen LogP) is 3.94. The molecule has 34 heavy (non-hydrogen) atoms. The molecule has 1 aromatic heterocycles. The van der Waals surface area contributed by atoms with Crippen LogP contribution in [-0.4, -0.2) is 23.9 Å². The standard InChI is InChI=1S/C24H18BrClN2O5S/c1-3-31-23(30)20-12(2)27-24-28(21(20)13-4-6-15(26)7-5-13)22(29)19(34-24)9-14-8-17-18(10-16(14)25)33-11-32-17/h4-10,21H,3,11H2,1-2H3/t21-/m0/s1. The van der Waals surface area contributed by atoms with Crippen molar-refractivity contribution < 1.29 is 19.0 Å². The fraction of sp³-hybridized carbons (Fsp3) is 0.208. The van der Waals surface area contributed by atoms with Gasteiger partial charge in [-0.1, -0.05) is 51.0 Å². The summed E-state index contributed by atoms with van der Waals surface area (Å²) < 4.78 is 19.0. The molecule has 174 valence electrons. The number of hydrogen-bond donors (Lipinski definition) is 0. The molecule has 2 aliphatic rings. The van der Waals surface area contributed by atoms with Gasteiger partial charge in [0, 0.05) is 9.50 Å². The van der Waals surface area contributed by atoms with Crippen LogP contribution in [0.25, 0.3) is 6.08 Å². The largest absolute Gasteiger partial charge is 0.463 e. The molecular formula is C24H18BrClN2O5S. The van der Waals surface area contributed by atoms with Gasteiger partial charge in [0.2, 0.25) is 6.79 Å². The number of allylic oxidation sites excluding steroid dienone is 1. The Balaban J connectivity index is 1.71. The Morgan fingerprint density at radius 2 is 2.00 bits per heavy atom. The zero-order chi connectivity index (χ0) is 24.0. The van der Waals surface area contributed by atoms with Gasteiger partial charge >= 0.3 is 5.97 Å².